The van der Waals surface area contributed by atoms with Crippen molar-refractivity contribution in [3.8, 4) is 11.8 Å². The van der Waals surface area contributed by atoms with Crippen LogP contribution in [0.15, 0.2) is 63.6 Å². The first-order chi connectivity index (χ1) is 14.0. The van der Waals surface area contributed by atoms with Crippen molar-refractivity contribution in [2.24, 2.45) is 0 Å². The van der Waals surface area contributed by atoms with Crippen molar-refractivity contribution in [3.05, 3.63) is 69.2 Å². The number of nitrogens with one attached hydrogen (secondary N) is 2. The SMILES string of the molecule is COc1cccc([C@@H]2CC(=O)NC(SCC(=O)Nc3ccc(Br)cc3)=C2C#N)c1. The highest BCUT2D eigenvalue weighted by Crippen LogP contribution is 2.36. The molecule has 148 valence electrons. The molecule has 2 amide bonds. The van der Waals surface area contributed by atoms with Crippen LogP contribution in [0, 0.1) is 11.3 Å². The molecule has 0 aromatic heterocycles. The summed E-state index contributed by atoms with van der Waals surface area (Å²) in [7, 11) is 1.57. The maximum atomic E-state index is 12.3. The molecule has 0 radical (unpaired) electrons. The minimum atomic E-state index is -0.374. The average Bonchev–Trinajstić information content (AvgIpc) is 2.73. The predicted octanol–water partition coefficient (Wildman–Crippen LogP) is 4.17. The molecule has 1 aliphatic heterocycles. The summed E-state index contributed by atoms with van der Waals surface area (Å²) >= 11 is 4.49. The third kappa shape index (κ3) is 5.40. The van der Waals surface area contributed by atoms with Gasteiger partial charge in [-0.1, -0.05) is 39.8 Å². The molecule has 1 aliphatic rings. The lowest BCUT2D eigenvalue weighted by atomic mass is 9.87. The third-order valence-corrected chi connectivity index (χ3v) is 5.87. The molecule has 0 bridgehead atoms. The van der Waals surface area contributed by atoms with E-state index in [9.17, 15) is 14.9 Å². The molecule has 0 aliphatic carbocycles. The number of carbonyl (C=O) groups excluding carboxylic acids is 2. The van der Waals surface area contributed by atoms with Crippen LogP contribution in [0.1, 0.15) is 17.9 Å². The van der Waals surface area contributed by atoms with Gasteiger partial charge in [0.15, 0.2) is 0 Å². The molecule has 2 aromatic rings. The molecule has 29 heavy (non-hydrogen) atoms. The minimum absolute atomic E-state index is 0.0711. The summed E-state index contributed by atoms with van der Waals surface area (Å²) in [6.07, 6.45) is 0.172. The highest BCUT2D eigenvalue weighted by atomic mass is 79.9. The van der Waals surface area contributed by atoms with Gasteiger partial charge in [0.25, 0.3) is 0 Å². The molecule has 2 N–H and O–H groups in total. The van der Waals surface area contributed by atoms with E-state index < -0.39 is 0 Å². The molecule has 0 saturated carbocycles. The summed E-state index contributed by atoms with van der Waals surface area (Å²) in [5.74, 6) is -0.0518. The Balaban J connectivity index is 1.75. The average molecular weight is 472 g/mol. The Morgan fingerprint density at radius 1 is 1.34 bits per heavy atom. The highest BCUT2D eigenvalue weighted by Gasteiger charge is 2.30. The molecule has 2 aromatic carbocycles. The zero-order chi connectivity index (χ0) is 20.8. The van der Waals surface area contributed by atoms with Gasteiger partial charge in [0.05, 0.1) is 29.5 Å². The maximum absolute atomic E-state index is 12.3. The van der Waals surface area contributed by atoms with Crippen molar-refractivity contribution in [2.45, 2.75) is 12.3 Å². The molecular weight excluding hydrogens is 454 g/mol. The Hall–Kier alpha value is -2.76. The van der Waals surface area contributed by atoms with Crippen LogP contribution >= 0.6 is 27.7 Å². The number of benzene rings is 2. The number of methoxy groups -OCH3 is 1. The van der Waals surface area contributed by atoms with Gasteiger partial charge in [-0.3, -0.25) is 9.59 Å². The fraction of sp³-hybridized carbons (Fsp3) is 0.190. The molecule has 6 nitrogen and oxygen atoms in total. The first-order valence-electron chi connectivity index (χ1n) is 8.76. The number of thioether (sulfide) groups is 1. The van der Waals surface area contributed by atoms with E-state index in [0.717, 1.165) is 21.8 Å². The number of nitrogens with zero attached hydrogens (tertiary/aromatic N) is 1. The van der Waals surface area contributed by atoms with Gasteiger partial charge in [-0.25, -0.2) is 0 Å². The molecule has 0 fully saturated rings. The number of rotatable bonds is 6. The van der Waals surface area contributed by atoms with E-state index in [0.29, 0.717) is 22.0 Å². The van der Waals surface area contributed by atoms with E-state index in [1.54, 1.807) is 19.2 Å². The molecule has 0 spiro atoms. The van der Waals surface area contributed by atoms with Crippen molar-refractivity contribution in [1.29, 1.82) is 5.26 Å². The molecular formula is C21H18BrN3O3S. The summed E-state index contributed by atoms with van der Waals surface area (Å²) < 4.78 is 6.17. The number of hydrogen-bond donors (Lipinski definition) is 2. The molecule has 1 heterocycles. The lowest BCUT2D eigenvalue weighted by Crippen LogP contribution is -2.31. The minimum Gasteiger partial charge on any atom is -0.497 e. The van der Waals surface area contributed by atoms with E-state index in [1.807, 2.05) is 36.4 Å². The van der Waals surface area contributed by atoms with Crippen LogP contribution in [0.2, 0.25) is 0 Å². The van der Waals surface area contributed by atoms with E-state index in [1.165, 1.54) is 0 Å². The monoisotopic (exact) mass is 471 g/mol. The number of ether oxygens (including phenoxy) is 1. The zero-order valence-corrected chi connectivity index (χ0v) is 18.0. The summed E-state index contributed by atoms with van der Waals surface area (Å²) in [4.78, 5) is 24.5. The number of anilines is 1. The molecule has 0 saturated heterocycles. The Bertz CT molecular complexity index is 999. The van der Waals surface area contributed by atoms with Crippen molar-refractivity contribution >= 4 is 45.2 Å². The number of amides is 2. The first kappa shape index (κ1) is 21.0. The molecule has 1 atom stereocenters. The summed E-state index contributed by atoms with van der Waals surface area (Å²) in [5.41, 5.74) is 1.95. The predicted molar refractivity (Wildman–Crippen MR) is 116 cm³/mol. The third-order valence-electron chi connectivity index (χ3n) is 4.33. The van der Waals surface area contributed by atoms with E-state index in [4.69, 9.17) is 4.74 Å². The van der Waals surface area contributed by atoms with Gasteiger partial charge in [0.2, 0.25) is 11.8 Å². The number of carbonyl (C=O) groups is 2. The molecule has 3 rings (SSSR count). The van der Waals surface area contributed by atoms with Crippen LogP contribution in [0.4, 0.5) is 5.69 Å². The highest BCUT2D eigenvalue weighted by molar-refractivity contribution is 9.10. The lowest BCUT2D eigenvalue weighted by molar-refractivity contribution is -0.121. The summed E-state index contributed by atoms with van der Waals surface area (Å²) in [6, 6.07) is 16.8. The van der Waals surface area contributed by atoms with Gasteiger partial charge in [-0.2, -0.15) is 5.26 Å². The Morgan fingerprint density at radius 3 is 2.79 bits per heavy atom. The lowest BCUT2D eigenvalue weighted by Gasteiger charge is -2.25. The second kappa shape index (κ2) is 9.63. The van der Waals surface area contributed by atoms with E-state index in [2.05, 4.69) is 32.6 Å². The van der Waals surface area contributed by atoms with Crippen LogP contribution < -0.4 is 15.4 Å². The molecule has 0 unspecified atom stereocenters. The van der Waals surface area contributed by atoms with Gasteiger partial charge < -0.3 is 15.4 Å². The van der Waals surface area contributed by atoms with Gasteiger partial charge in [0, 0.05) is 22.5 Å². The smallest absolute Gasteiger partial charge is 0.234 e. The van der Waals surface area contributed by atoms with E-state index in [-0.39, 0.29) is 29.9 Å². The second-order valence-corrected chi connectivity index (χ2v) is 8.18. The zero-order valence-electron chi connectivity index (χ0n) is 15.6. The van der Waals surface area contributed by atoms with Gasteiger partial charge >= 0.3 is 0 Å². The van der Waals surface area contributed by atoms with Crippen LogP contribution in [-0.4, -0.2) is 24.7 Å². The van der Waals surface area contributed by atoms with E-state index >= 15 is 0 Å². The molecule has 8 heteroatoms. The van der Waals surface area contributed by atoms with Crippen molar-refractivity contribution in [3.63, 3.8) is 0 Å². The fourth-order valence-electron chi connectivity index (χ4n) is 2.94. The number of halogens is 1. The second-order valence-electron chi connectivity index (χ2n) is 6.28. The quantitative estimate of drug-likeness (QED) is 0.659. The number of nitriles is 1. The van der Waals surface area contributed by atoms with Crippen LogP contribution in [0.3, 0.4) is 0 Å². The fourth-order valence-corrected chi connectivity index (χ4v) is 4.09. The number of allylic oxidation sites excluding steroid dienone is 1. The van der Waals surface area contributed by atoms with Crippen LogP contribution in [0.25, 0.3) is 0 Å². The topological polar surface area (TPSA) is 91.2 Å². The standard InChI is InChI=1S/C21H18BrN3O3S/c1-28-16-4-2-3-13(9-16)17-10-19(26)25-21(18(17)11-23)29-12-20(27)24-15-7-5-14(22)6-8-15/h2-9,17H,10,12H2,1H3,(H,24,27)(H,25,26)/t17-/m0/s1. The van der Waals surface area contributed by atoms with Crippen LogP contribution in [-0.2, 0) is 9.59 Å². The van der Waals surface area contributed by atoms with Crippen molar-refractivity contribution in [2.75, 3.05) is 18.2 Å². The summed E-state index contributed by atoms with van der Waals surface area (Å²) in [6.45, 7) is 0. The van der Waals surface area contributed by atoms with Crippen molar-refractivity contribution < 1.29 is 14.3 Å². The first-order valence-corrected chi connectivity index (χ1v) is 10.5. The maximum Gasteiger partial charge on any atom is 0.234 e. The van der Waals surface area contributed by atoms with Crippen LogP contribution in [0.5, 0.6) is 5.75 Å². The normalized spacial score (nSPS) is 16.0. The summed E-state index contributed by atoms with van der Waals surface area (Å²) in [5, 5.41) is 15.7. The van der Waals surface area contributed by atoms with Gasteiger partial charge in [0.1, 0.15) is 5.75 Å². The Morgan fingerprint density at radius 2 is 2.10 bits per heavy atom. The van der Waals surface area contributed by atoms with Crippen molar-refractivity contribution in [1.82, 2.24) is 5.32 Å². The Kier molecular flexibility index (Phi) is 6.96. The van der Waals surface area contributed by atoms with Gasteiger partial charge in [-0.15, -0.1) is 0 Å². The number of hydrogen-bond acceptors (Lipinski definition) is 5. The van der Waals surface area contributed by atoms with Gasteiger partial charge in [-0.05, 0) is 42.0 Å². The largest absolute Gasteiger partial charge is 0.497 e. The Labute approximate surface area is 181 Å².